The Labute approximate surface area is 121 Å². The van der Waals surface area contributed by atoms with Gasteiger partial charge in [-0.05, 0) is 42.0 Å². The van der Waals surface area contributed by atoms with Gasteiger partial charge in [-0.1, -0.05) is 29.8 Å². The van der Waals surface area contributed by atoms with Crippen LogP contribution in [0.3, 0.4) is 0 Å². The van der Waals surface area contributed by atoms with E-state index < -0.39 is 0 Å². The molecule has 4 heteroatoms. The van der Waals surface area contributed by atoms with Crippen molar-refractivity contribution in [3.8, 4) is 0 Å². The Morgan fingerprint density at radius 2 is 2.00 bits per heavy atom. The van der Waals surface area contributed by atoms with Crippen LogP contribution in [-0.2, 0) is 5.41 Å². The van der Waals surface area contributed by atoms with Crippen molar-refractivity contribution >= 4 is 28.8 Å². The lowest BCUT2D eigenvalue weighted by molar-refractivity contribution is 0.0954. The Bertz CT molecular complexity index is 573. The van der Waals surface area contributed by atoms with Crippen LogP contribution in [0.1, 0.15) is 28.1 Å². The number of halogens is 1. The number of carbonyl (C=O) groups excluding carboxylic acids is 1. The summed E-state index contributed by atoms with van der Waals surface area (Å²) >= 11 is 7.38. The predicted octanol–water partition coefficient (Wildman–Crippen LogP) is 3.86. The molecule has 0 atom stereocenters. The summed E-state index contributed by atoms with van der Waals surface area (Å²) in [6, 6.07) is 11.7. The van der Waals surface area contributed by atoms with Gasteiger partial charge < -0.3 is 5.32 Å². The average Bonchev–Trinajstić information content (AvgIpc) is 3.01. The molecule has 2 aromatic rings. The van der Waals surface area contributed by atoms with Gasteiger partial charge in [-0.3, -0.25) is 4.79 Å². The molecule has 98 valence electrons. The standard InChI is InChI=1S/C15H14ClNOS/c16-12-5-3-11(4-6-12)15(7-8-15)10-17-14(18)13-2-1-9-19-13/h1-6,9H,7-8,10H2,(H,17,18). The normalized spacial score (nSPS) is 16.1. The first-order chi connectivity index (χ1) is 9.20. The van der Waals surface area contributed by atoms with Crippen LogP contribution in [0.25, 0.3) is 0 Å². The highest BCUT2D eigenvalue weighted by Crippen LogP contribution is 2.47. The molecule has 0 unspecified atom stereocenters. The summed E-state index contributed by atoms with van der Waals surface area (Å²) in [4.78, 5) is 12.7. The van der Waals surface area contributed by atoms with Crippen LogP contribution < -0.4 is 5.32 Å². The fourth-order valence-electron chi connectivity index (χ4n) is 2.27. The van der Waals surface area contributed by atoms with Gasteiger partial charge in [0.15, 0.2) is 0 Å². The molecule has 1 N–H and O–H groups in total. The van der Waals surface area contributed by atoms with Gasteiger partial charge in [0.1, 0.15) is 0 Å². The topological polar surface area (TPSA) is 29.1 Å². The van der Waals surface area contributed by atoms with Gasteiger partial charge in [-0.15, -0.1) is 11.3 Å². The van der Waals surface area contributed by atoms with Gasteiger partial charge in [-0.2, -0.15) is 0 Å². The van der Waals surface area contributed by atoms with Crippen molar-refractivity contribution in [2.45, 2.75) is 18.3 Å². The maximum absolute atomic E-state index is 11.9. The molecule has 0 spiro atoms. The zero-order chi connectivity index (χ0) is 13.3. The van der Waals surface area contributed by atoms with E-state index in [1.54, 1.807) is 0 Å². The van der Waals surface area contributed by atoms with Crippen molar-refractivity contribution in [2.24, 2.45) is 0 Å². The van der Waals surface area contributed by atoms with Crippen molar-refractivity contribution < 1.29 is 4.79 Å². The summed E-state index contributed by atoms with van der Waals surface area (Å²) in [5, 5.41) is 5.71. The van der Waals surface area contributed by atoms with E-state index in [1.165, 1.54) is 16.9 Å². The number of thiophene rings is 1. The lowest BCUT2D eigenvalue weighted by Gasteiger charge is -2.16. The third-order valence-corrected chi connectivity index (χ3v) is 4.76. The molecule has 1 fully saturated rings. The summed E-state index contributed by atoms with van der Waals surface area (Å²) in [6.07, 6.45) is 2.25. The number of rotatable bonds is 4. The summed E-state index contributed by atoms with van der Waals surface area (Å²) < 4.78 is 0. The van der Waals surface area contributed by atoms with Crippen molar-refractivity contribution in [1.82, 2.24) is 5.32 Å². The molecule has 1 aromatic heterocycles. The minimum atomic E-state index is 0.0234. The SMILES string of the molecule is O=C(NCC1(c2ccc(Cl)cc2)CC1)c1cccs1. The monoisotopic (exact) mass is 291 g/mol. The van der Waals surface area contributed by atoms with E-state index in [-0.39, 0.29) is 11.3 Å². The first kappa shape index (κ1) is 12.7. The highest BCUT2D eigenvalue weighted by atomic mass is 35.5. The Balaban J connectivity index is 1.66. The van der Waals surface area contributed by atoms with Gasteiger partial charge in [0, 0.05) is 17.0 Å². The van der Waals surface area contributed by atoms with Crippen molar-refractivity contribution in [2.75, 3.05) is 6.54 Å². The highest BCUT2D eigenvalue weighted by Gasteiger charge is 2.44. The highest BCUT2D eigenvalue weighted by molar-refractivity contribution is 7.12. The number of nitrogens with one attached hydrogen (secondary N) is 1. The molecule has 0 aliphatic heterocycles. The quantitative estimate of drug-likeness (QED) is 0.910. The van der Waals surface area contributed by atoms with Crippen molar-refractivity contribution in [3.63, 3.8) is 0 Å². The molecule has 0 bridgehead atoms. The van der Waals surface area contributed by atoms with Gasteiger partial charge in [-0.25, -0.2) is 0 Å². The van der Waals surface area contributed by atoms with Crippen LogP contribution in [0.5, 0.6) is 0 Å². The maximum Gasteiger partial charge on any atom is 0.261 e. The van der Waals surface area contributed by atoms with E-state index in [9.17, 15) is 4.79 Å². The van der Waals surface area contributed by atoms with E-state index in [1.807, 2.05) is 29.6 Å². The predicted molar refractivity (Wildman–Crippen MR) is 79.0 cm³/mol. The molecule has 2 nitrogen and oxygen atoms in total. The first-order valence-electron chi connectivity index (χ1n) is 6.27. The molecule has 3 rings (SSSR count). The summed E-state index contributed by atoms with van der Waals surface area (Å²) in [5.41, 5.74) is 1.39. The Hall–Kier alpha value is -1.32. The smallest absolute Gasteiger partial charge is 0.261 e. The fraction of sp³-hybridized carbons (Fsp3) is 0.267. The molecule has 1 aromatic carbocycles. The van der Waals surface area contributed by atoms with E-state index in [2.05, 4.69) is 17.4 Å². The molecule has 0 radical (unpaired) electrons. The molecule has 1 aliphatic carbocycles. The Morgan fingerprint density at radius 1 is 1.26 bits per heavy atom. The van der Waals surface area contributed by atoms with E-state index in [0.717, 1.165) is 22.7 Å². The number of benzene rings is 1. The maximum atomic E-state index is 11.9. The largest absolute Gasteiger partial charge is 0.350 e. The fourth-order valence-corrected chi connectivity index (χ4v) is 3.03. The minimum absolute atomic E-state index is 0.0234. The second kappa shape index (κ2) is 4.99. The molecular formula is C15H14ClNOS. The van der Waals surface area contributed by atoms with Crippen LogP contribution in [0, 0.1) is 0 Å². The van der Waals surface area contributed by atoms with Crippen LogP contribution in [-0.4, -0.2) is 12.5 Å². The van der Waals surface area contributed by atoms with E-state index >= 15 is 0 Å². The molecule has 1 heterocycles. The summed E-state index contributed by atoms with van der Waals surface area (Å²) in [5.74, 6) is 0.0234. The van der Waals surface area contributed by atoms with Crippen molar-refractivity contribution in [1.29, 1.82) is 0 Å². The number of amides is 1. The molecule has 19 heavy (non-hydrogen) atoms. The summed E-state index contributed by atoms with van der Waals surface area (Å²) in [7, 11) is 0. The number of carbonyl (C=O) groups is 1. The molecule has 1 amide bonds. The lowest BCUT2D eigenvalue weighted by Crippen LogP contribution is -2.31. The third-order valence-electron chi connectivity index (χ3n) is 3.64. The Morgan fingerprint density at radius 3 is 2.58 bits per heavy atom. The van der Waals surface area contributed by atoms with E-state index in [4.69, 9.17) is 11.6 Å². The number of hydrogen-bond acceptors (Lipinski definition) is 2. The zero-order valence-corrected chi connectivity index (χ0v) is 11.9. The lowest BCUT2D eigenvalue weighted by atomic mass is 9.96. The molecular weight excluding hydrogens is 278 g/mol. The second-order valence-electron chi connectivity index (χ2n) is 4.95. The van der Waals surface area contributed by atoms with Gasteiger partial charge in [0.2, 0.25) is 0 Å². The first-order valence-corrected chi connectivity index (χ1v) is 7.53. The van der Waals surface area contributed by atoms with Crippen LogP contribution >= 0.6 is 22.9 Å². The van der Waals surface area contributed by atoms with E-state index in [0.29, 0.717) is 6.54 Å². The van der Waals surface area contributed by atoms with Crippen LogP contribution in [0.4, 0.5) is 0 Å². The average molecular weight is 292 g/mol. The van der Waals surface area contributed by atoms with Gasteiger partial charge in [0.05, 0.1) is 4.88 Å². The molecule has 0 saturated heterocycles. The third kappa shape index (κ3) is 2.67. The molecule has 1 aliphatic rings. The Kier molecular flexibility index (Phi) is 3.33. The summed E-state index contributed by atoms with van der Waals surface area (Å²) in [6.45, 7) is 0.700. The number of hydrogen-bond donors (Lipinski definition) is 1. The van der Waals surface area contributed by atoms with Gasteiger partial charge >= 0.3 is 0 Å². The van der Waals surface area contributed by atoms with Crippen molar-refractivity contribution in [3.05, 3.63) is 57.2 Å². The molecule has 1 saturated carbocycles. The minimum Gasteiger partial charge on any atom is -0.350 e. The van der Waals surface area contributed by atoms with Crippen LogP contribution in [0.15, 0.2) is 41.8 Å². The van der Waals surface area contributed by atoms with Crippen LogP contribution in [0.2, 0.25) is 5.02 Å². The second-order valence-corrected chi connectivity index (χ2v) is 6.33. The van der Waals surface area contributed by atoms with Gasteiger partial charge in [0.25, 0.3) is 5.91 Å². The zero-order valence-electron chi connectivity index (χ0n) is 10.4.